The van der Waals surface area contributed by atoms with Crippen LogP contribution in [-0.2, 0) is 0 Å². The van der Waals surface area contributed by atoms with E-state index in [0.717, 1.165) is 42.4 Å². The highest BCUT2D eigenvalue weighted by Crippen LogP contribution is 2.30. The molecule has 1 aliphatic carbocycles. The lowest BCUT2D eigenvalue weighted by atomic mass is 9.91. The molecule has 0 atom stereocenters. The average Bonchev–Trinajstić information content (AvgIpc) is 2.80. The Labute approximate surface area is 123 Å². The fourth-order valence-electron chi connectivity index (χ4n) is 2.06. The van der Waals surface area contributed by atoms with Gasteiger partial charge in [-0.2, -0.15) is 0 Å². The van der Waals surface area contributed by atoms with Gasteiger partial charge in [-0.05, 0) is 31.7 Å². The van der Waals surface area contributed by atoms with Crippen molar-refractivity contribution >= 4 is 38.2 Å². The molecule has 0 saturated heterocycles. The van der Waals surface area contributed by atoms with Crippen molar-refractivity contribution in [3.05, 3.63) is 27.1 Å². The molecular formula is C12H15BrN2O3S. The Kier molecular flexibility index (Phi) is 4.93. The zero-order valence-corrected chi connectivity index (χ0v) is 12.8. The Morgan fingerprint density at radius 3 is 2.74 bits per heavy atom. The molecule has 1 aromatic heterocycles. The number of nitrogens with zero attached hydrogens (tertiary/aromatic N) is 2. The zero-order valence-electron chi connectivity index (χ0n) is 10.4. The van der Waals surface area contributed by atoms with E-state index in [4.69, 9.17) is 0 Å². The normalized spacial score (nSPS) is 15.0. The van der Waals surface area contributed by atoms with Gasteiger partial charge < -0.3 is 4.90 Å². The Balaban J connectivity index is 2.10. The maximum atomic E-state index is 12.4. The molecular weight excluding hydrogens is 332 g/mol. The van der Waals surface area contributed by atoms with E-state index in [-0.39, 0.29) is 10.9 Å². The second-order valence-electron chi connectivity index (χ2n) is 4.52. The molecule has 7 heteroatoms. The molecule has 5 nitrogen and oxygen atoms in total. The Morgan fingerprint density at radius 1 is 1.53 bits per heavy atom. The smallest absolute Gasteiger partial charge is 0.324 e. The van der Waals surface area contributed by atoms with Crippen LogP contribution in [-0.4, -0.2) is 33.6 Å². The quantitative estimate of drug-likeness (QED) is 0.450. The number of carbonyl (C=O) groups is 1. The molecule has 1 amide bonds. The number of amides is 1. The van der Waals surface area contributed by atoms with E-state index in [9.17, 15) is 14.9 Å². The van der Waals surface area contributed by atoms with E-state index in [0.29, 0.717) is 17.5 Å². The van der Waals surface area contributed by atoms with Gasteiger partial charge in [0.25, 0.3) is 5.91 Å². The van der Waals surface area contributed by atoms with Crippen LogP contribution in [0.25, 0.3) is 0 Å². The number of nitro groups is 1. The molecule has 0 radical (unpaired) electrons. The second kappa shape index (κ2) is 6.47. The van der Waals surface area contributed by atoms with Crippen molar-refractivity contribution in [3.8, 4) is 0 Å². The first-order chi connectivity index (χ1) is 9.13. The Bertz CT molecular complexity index is 473. The number of carbonyl (C=O) groups excluding carboxylic acids is 1. The highest BCUT2D eigenvalue weighted by molar-refractivity contribution is 9.09. The summed E-state index contributed by atoms with van der Waals surface area (Å²) in [5.41, 5.74) is 0. The summed E-state index contributed by atoms with van der Waals surface area (Å²) in [4.78, 5) is 25.0. The monoisotopic (exact) mass is 346 g/mol. The summed E-state index contributed by atoms with van der Waals surface area (Å²) in [5.74, 6) is -0.0660. The van der Waals surface area contributed by atoms with Gasteiger partial charge in [-0.25, -0.2) is 0 Å². The van der Waals surface area contributed by atoms with Gasteiger partial charge in [-0.3, -0.25) is 14.9 Å². The summed E-state index contributed by atoms with van der Waals surface area (Å²) in [7, 11) is 0. The van der Waals surface area contributed by atoms with Crippen LogP contribution in [0, 0.1) is 10.1 Å². The maximum absolute atomic E-state index is 12.4. The molecule has 104 valence electrons. The Morgan fingerprint density at radius 2 is 2.26 bits per heavy atom. The first kappa shape index (κ1) is 14.5. The largest absolute Gasteiger partial charge is 0.335 e. The lowest BCUT2D eigenvalue weighted by Gasteiger charge is -2.37. The molecule has 0 spiro atoms. The topological polar surface area (TPSA) is 63.4 Å². The second-order valence-corrected chi connectivity index (χ2v) is 6.38. The molecule has 1 heterocycles. The fraction of sp³-hybridized carbons (Fsp3) is 0.583. The summed E-state index contributed by atoms with van der Waals surface area (Å²) in [6.07, 6.45) is 4.14. The van der Waals surface area contributed by atoms with Gasteiger partial charge >= 0.3 is 5.00 Å². The number of rotatable bonds is 6. The van der Waals surface area contributed by atoms with Gasteiger partial charge in [-0.1, -0.05) is 27.3 Å². The van der Waals surface area contributed by atoms with Gasteiger partial charge in [0.2, 0.25) is 0 Å². The van der Waals surface area contributed by atoms with Crippen LogP contribution in [0.15, 0.2) is 12.1 Å². The Hall–Kier alpha value is -0.950. The third kappa shape index (κ3) is 3.33. The summed E-state index contributed by atoms with van der Waals surface area (Å²) >= 11 is 4.33. The molecule has 0 N–H and O–H groups in total. The van der Waals surface area contributed by atoms with Gasteiger partial charge in [0.05, 0.1) is 9.80 Å². The first-order valence-electron chi connectivity index (χ1n) is 6.24. The minimum atomic E-state index is -0.451. The van der Waals surface area contributed by atoms with E-state index < -0.39 is 4.92 Å². The first-order valence-corrected chi connectivity index (χ1v) is 8.18. The van der Waals surface area contributed by atoms with Crippen LogP contribution in [0.5, 0.6) is 0 Å². The third-order valence-electron chi connectivity index (χ3n) is 3.29. The van der Waals surface area contributed by atoms with E-state index in [1.165, 1.54) is 6.07 Å². The van der Waals surface area contributed by atoms with E-state index in [2.05, 4.69) is 15.9 Å². The molecule has 1 aromatic rings. The van der Waals surface area contributed by atoms with Crippen molar-refractivity contribution in [3.63, 3.8) is 0 Å². The standard InChI is InChI=1S/C12H15BrN2O3S/c13-7-2-8-14(9-3-1-4-9)12(16)10-5-6-11(19-10)15(17)18/h5-6,9H,1-4,7-8H2. The van der Waals surface area contributed by atoms with Crippen molar-refractivity contribution in [1.29, 1.82) is 0 Å². The minimum absolute atomic E-state index is 0.0254. The van der Waals surface area contributed by atoms with Crippen LogP contribution in [0.2, 0.25) is 0 Å². The lowest BCUT2D eigenvalue weighted by molar-refractivity contribution is -0.380. The lowest BCUT2D eigenvalue weighted by Crippen LogP contribution is -2.44. The van der Waals surface area contributed by atoms with Gasteiger partial charge in [-0.15, -0.1) is 0 Å². The molecule has 0 unspecified atom stereocenters. The number of thiophene rings is 1. The predicted octanol–water partition coefficient (Wildman–Crippen LogP) is 3.44. The highest BCUT2D eigenvalue weighted by atomic mass is 79.9. The molecule has 1 fully saturated rings. The third-order valence-corrected chi connectivity index (χ3v) is 4.88. The van der Waals surface area contributed by atoms with Crippen molar-refractivity contribution < 1.29 is 9.72 Å². The fourth-order valence-corrected chi connectivity index (χ4v) is 3.09. The number of hydrogen-bond acceptors (Lipinski definition) is 4. The van der Waals surface area contributed by atoms with E-state index in [1.807, 2.05) is 4.90 Å². The average molecular weight is 347 g/mol. The van der Waals surface area contributed by atoms with E-state index in [1.54, 1.807) is 6.07 Å². The summed E-state index contributed by atoms with van der Waals surface area (Å²) in [6.45, 7) is 0.709. The molecule has 0 aromatic carbocycles. The van der Waals surface area contributed by atoms with Gasteiger partial charge in [0.1, 0.15) is 0 Å². The summed E-state index contributed by atoms with van der Waals surface area (Å²) < 4.78 is 0. The summed E-state index contributed by atoms with van der Waals surface area (Å²) in [6, 6.07) is 3.28. The number of halogens is 1. The SMILES string of the molecule is O=C(c1ccc([N+](=O)[O-])s1)N(CCCBr)C1CCC1. The minimum Gasteiger partial charge on any atom is -0.335 e. The highest BCUT2D eigenvalue weighted by Gasteiger charge is 2.30. The molecule has 1 aliphatic rings. The maximum Gasteiger partial charge on any atom is 0.324 e. The van der Waals surface area contributed by atoms with E-state index >= 15 is 0 Å². The van der Waals surface area contributed by atoms with Crippen molar-refractivity contribution in [2.24, 2.45) is 0 Å². The number of hydrogen-bond donors (Lipinski definition) is 0. The zero-order chi connectivity index (χ0) is 13.8. The van der Waals surface area contributed by atoms with Gasteiger partial charge in [0, 0.05) is 24.0 Å². The molecule has 19 heavy (non-hydrogen) atoms. The van der Waals surface area contributed by atoms with Crippen LogP contribution in [0.3, 0.4) is 0 Å². The van der Waals surface area contributed by atoms with Crippen molar-refractivity contribution in [2.75, 3.05) is 11.9 Å². The number of alkyl halides is 1. The van der Waals surface area contributed by atoms with Crippen LogP contribution in [0.4, 0.5) is 5.00 Å². The van der Waals surface area contributed by atoms with Crippen LogP contribution >= 0.6 is 27.3 Å². The predicted molar refractivity (Wildman–Crippen MR) is 78.1 cm³/mol. The summed E-state index contributed by atoms with van der Waals surface area (Å²) in [5, 5.41) is 11.5. The van der Waals surface area contributed by atoms with Crippen LogP contribution < -0.4 is 0 Å². The molecule has 0 aliphatic heterocycles. The molecule has 1 saturated carbocycles. The molecule has 2 rings (SSSR count). The van der Waals surface area contributed by atoms with Crippen LogP contribution in [0.1, 0.15) is 35.4 Å². The van der Waals surface area contributed by atoms with Crippen molar-refractivity contribution in [2.45, 2.75) is 31.7 Å². The van der Waals surface area contributed by atoms with Gasteiger partial charge in [0.15, 0.2) is 0 Å². The molecule has 0 bridgehead atoms. The van der Waals surface area contributed by atoms with Crippen molar-refractivity contribution in [1.82, 2.24) is 4.90 Å².